The highest BCUT2D eigenvalue weighted by Crippen LogP contribution is 2.43. The van der Waals surface area contributed by atoms with Gasteiger partial charge in [0.1, 0.15) is 11.6 Å². The van der Waals surface area contributed by atoms with Gasteiger partial charge in [-0.3, -0.25) is 4.79 Å². The van der Waals surface area contributed by atoms with E-state index in [2.05, 4.69) is 19.2 Å². The zero-order valence-electron chi connectivity index (χ0n) is 14.1. The van der Waals surface area contributed by atoms with Gasteiger partial charge in [-0.1, -0.05) is 26.0 Å². The molecule has 4 nitrogen and oxygen atoms in total. The van der Waals surface area contributed by atoms with E-state index in [1.807, 2.05) is 0 Å². The van der Waals surface area contributed by atoms with Gasteiger partial charge >= 0.3 is 0 Å². The maximum Gasteiger partial charge on any atom is 0.287 e. The van der Waals surface area contributed by atoms with Gasteiger partial charge < -0.3 is 14.8 Å². The highest BCUT2D eigenvalue weighted by Gasteiger charge is 2.37. The van der Waals surface area contributed by atoms with Crippen LogP contribution in [0.3, 0.4) is 0 Å². The second kappa shape index (κ2) is 6.06. The molecule has 0 fully saturated rings. The van der Waals surface area contributed by atoms with Crippen LogP contribution in [0.25, 0.3) is 0 Å². The Bertz CT molecular complexity index is 762. The van der Waals surface area contributed by atoms with Gasteiger partial charge in [-0.05, 0) is 36.5 Å². The summed E-state index contributed by atoms with van der Waals surface area (Å²) in [7, 11) is 0. The molecule has 5 heteroatoms. The summed E-state index contributed by atoms with van der Waals surface area (Å²) in [5.41, 5.74) is 2.20. The van der Waals surface area contributed by atoms with Crippen LogP contribution in [-0.4, -0.2) is 11.0 Å². The SMILES string of the molecule is Cc1c(C(=O)NCc2ccc(F)cc2)oc2c1[C@H](O)CC(C)(C)C2. The van der Waals surface area contributed by atoms with E-state index < -0.39 is 6.10 Å². The van der Waals surface area contributed by atoms with Gasteiger partial charge in [0.2, 0.25) is 0 Å². The summed E-state index contributed by atoms with van der Waals surface area (Å²) in [5, 5.41) is 13.2. The molecule has 0 bridgehead atoms. The lowest BCUT2D eigenvalue weighted by Gasteiger charge is -2.31. The van der Waals surface area contributed by atoms with E-state index in [9.17, 15) is 14.3 Å². The van der Waals surface area contributed by atoms with E-state index in [0.717, 1.165) is 11.1 Å². The Hall–Kier alpha value is -2.14. The van der Waals surface area contributed by atoms with Crippen LogP contribution in [0.2, 0.25) is 0 Å². The fourth-order valence-electron chi connectivity index (χ4n) is 3.37. The van der Waals surface area contributed by atoms with Crippen LogP contribution in [0, 0.1) is 18.2 Å². The maximum absolute atomic E-state index is 12.9. The van der Waals surface area contributed by atoms with Crippen LogP contribution < -0.4 is 5.32 Å². The molecule has 2 aromatic rings. The molecule has 24 heavy (non-hydrogen) atoms. The average Bonchev–Trinajstić information content (AvgIpc) is 2.82. The van der Waals surface area contributed by atoms with Crippen LogP contribution in [-0.2, 0) is 13.0 Å². The molecule has 2 N–H and O–H groups in total. The molecular weight excluding hydrogens is 309 g/mol. The second-order valence-electron chi connectivity index (χ2n) is 7.26. The molecule has 1 aromatic heterocycles. The zero-order chi connectivity index (χ0) is 17.5. The van der Waals surface area contributed by atoms with Crippen molar-refractivity contribution in [3.63, 3.8) is 0 Å². The normalized spacial score (nSPS) is 19.0. The molecular formula is C19H22FNO3. The number of hydrogen-bond acceptors (Lipinski definition) is 3. The Kier molecular flexibility index (Phi) is 4.22. The Morgan fingerprint density at radius 3 is 2.71 bits per heavy atom. The highest BCUT2D eigenvalue weighted by molar-refractivity contribution is 5.93. The van der Waals surface area contributed by atoms with Gasteiger partial charge in [-0.2, -0.15) is 0 Å². The summed E-state index contributed by atoms with van der Waals surface area (Å²) in [6.07, 6.45) is 0.744. The third-order valence-corrected chi connectivity index (χ3v) is 4.56. The van der Waals surface area contributed by atoms with E-state index in [1.165, 1.54) is 12.1 Å². The van der Waals surface area contributed by atoms with Crippen molar-refractivity contribution in [1.82, 2.24) is 5.32 Å². The first kappa shape index (κ1) is 16.7. The Balaban J connectivity index is 1.77. The standard InChI is InChI=1S/C19H22FNO3/c1-11-16-14(22)8-19(2,3)9-15(16)24-17(11)18(23)21-10-12-4-6-13(20)7-5-12/h4-7,14,22H,8-10H2,1-3H3,(H,21,23)/t14-/m1/s1. The fourth-order valence-corrected chi connectivity index (χ4v) is 3.37. The minimum Gasteiger partial charge on any atom is -0.455 e. The number of carbonyl (C=O) groups is 1. The van der Waals surface area contributed by atoms with Crippen molar-refractivity contribution >= 4 is 5.91 Å². The van der Waals surface area contributed by atoms with E-state index >= 15 is 0 Å². The van der Waals surface area contributed by atoms with E-state index in [1.54, 1.807) is 19.1 Å². The van der Waals surface area contributed by atoms with Crippen molar-refractivity contribution in [3.05, 3.63) is 58.3 Å². The van der Waals surface area contributed by atoms with Crippen molar-refractivity contribution in [2.75, 3.05) is 0 Å². The number of halogens is 1. The molecule has 1 amide bonds. The van der Waals surface area contributed by atoms with Crippen molar-refractivity contribution in [3.8, 4) is 0 Å². The molecule has 0 radical (unpaired) electrons. The zero-order valence-corrected chi connectivity index (χ0v) is 14.1. The number of carbonyl (C=O) groups excluding carboxylic acids is 1. The van der Waals surface area contributed by atoms with Crippen LogP contribution >= 0.6 is 0 Å². The van der Waals surface area contributed by atoms with Crippen LogP contribution in [0.4, 0.5) is 4.39 Å². The molecule has 0 saturated carbocycles. The van der Waals surface area contributed by atoms with Gasteiger partial charge in [0.15, 0.2) is 5.76 Å². The van der Waals surface area contributed by atoms with E-state index in [-0.39, 0.29) is 29.4 Å². The quantitative estimate of drug-likeness (QED) is 0.902. The molecule has 128 valence electrons. The molecule has 0 spiro atoms. The van der Waals surface area contributed by atoms with Crippen LogP contribution in [0.5, 0.6) is 0 Å². The number of rotatable bonds is 3. The summed E-state index contributed by atoms with van der Waals surface area (Å²) in [4.78, 5) is 12.4. The number of fused-ring (bicyclic) bond motifs is 1. The third-order valence-electron chi connectivity index (χ3n) is 4.56. The summed E-state index contributed by atoms with van der Waals surface area (Å²) < 4.78 is 18.7. The highest BCUT2D eigenvalue weighted by atomic mass is 19.1. The van der Waals surface area contributed by atoms with Crippen LogP contribution in [0.1, 0.15) is 59.4 Å². The lowest BCUT2D eigenvalue weighted by atomic mass is 9.75. The van der Waals surface area contributed by atoms with Gasteiger partial charge in [-0.25, -0.2) is 4.39 Å². The maximum atomic E-state index is 12.9. The van der Waals surface area contributed by atoms with Crippen LogP contribution in [0.15, 0.2) is 28.7 Å². The minimum atomic E-state index is -0.605. The lowest BCUT2D eigenvalue weighted by molar-refractivity contribution is 0.0883. The van der Waals surface area contributed by atoms with Gasteiger partial charge in [0.05, 0.1) is 6.10 Å². The molecule has 1 atom stereocenters. The van der Waals surface area contributed by atoms with Gasteiger partial charge in [0.25, 0.3) is 5.91 Å². The first-order chi connectivity index (χ1) is 11.3. The summed E-state index contributed by atoms with van der Waals surface area (Å²) in [6.45, 7) is 6.24. The fraction of sp³-hybridized carbons (Fsp3) is 0.421. The molecule has 0 unspecified atom stereocenters. The number of furan rings is 1. The van der Waals surface area contributed by atoms with Gasteiger partial charge in [0, 0.05) is 24.1 Å². The lowest BCUT2D eigenvalue weighted by Crippen LogP contribution is -2.25. The largest absolute Gasteiger partial charge is 0.455 e. The topological polar surface area (TPSA) is 62.5 Å². The summed E-state index contributed by atoms with van der Waals surface area (Å²) >= 11 is 0. The number of amides is 1. The minimum absolute atomic E-state index is 0.0570. The van der Waals surface area contributed by atoms with Crippen molar-refractivity contribution in [2.24, 2.45) is 5.41 Å². The molecule has 1 aliphatic carbocycles. The molecule has 0 saturated heterocycles. The van der Waals surface area contributed by atoms with Crippen molar-refractivity contribution in [1.29, 1.82) is 0 Å². The molecule has 1 aliphatic rings. The second-order valence-corrected chi connectivity index (χ2v) is 7.26. The Labute approximate surface area is 140 Å². The molecule has 1 aromatic carbocycles. The Morgan fingerprint density at radius 2 is 2.04 bits per heavy atom. The average molecular weight is 331 g/mol. The molecule has 0 aliphatic heterocycles. The Morgan fingerprint density at radius 1 is 1.38 bits per heavy atom. The number of hydrogen-bond donors (Lipinski definition) is 2. The first-order valence-electron chi connectivity index (χ1n) is 8.10. The number of nitrogens with one attached hydrogen (secondary N) is 1. The predicted molar refractivity (Wildman–Crippen MR) is 88.1 cm³/mol. The smallest absolute Gasteiger partial charge is 0.287 e. The molecule has 3 rings (SSSR count). The predicted octanol–water partition coefficient (Wildman–Crippen LogP) is 3.66. The van der Waals surface area contributed by atoms with Gasteiger partial charge in [-0.15, -0.1) is 0 Å². The first-order valence-corrected chi connectivity index (χ1v) is 8.10. The van der Waals surface area contributed by atoms with E-state index in [0.29, 0.717) is 24.2 Å². The summed E-state index contributed by atoms with van der Waals surface area (Å²) in [6, 6.07) is 5.97. The number of aliphatic hydroxyl groups excluding tert-OH is 1. The molecule has 1 heterocycles. The number of aliphatic hydroxyl groups is 1. The third kappa shape index (κ3) is 3.22. The summed E-state index contributed by atoms with van der Waals surface area (Å²) in [5.74, 6) is 0.314. The number of benzene rings is 1. The van der Waals surface area contributed by atoms with E-state index in [4.69, 9.17) is 4.42 Å². The monoisotopic (exact) mass is 331 g/mol. The van der Waals surface area contributed by atoms with Crippen molar-refractivity contribution < 1.29 is 18.7 Å². The van der Waals surface area contributed by atoms with Crippen molar-refractivity contribution in [2.45, 2.75) is 46.3 Å².